The van der Waals surface area contributed by atoms with Gasteiger partial charge in [0, 0.05) is 58.2 Å². The van der Waals surface area contributed by atoms with E-state index in [1.54, 1.807) is 0 Å². The van der Waals surface area contributed by atoms with Crippen molar-refractivity contribution in [1.29, 1.82) is 0 Å². The molecule has 8 heteroatoms. The van der Waals surface area contributed by atoms with Crippen LogP contribution in [0.3, 0.4) is 0 Å². The Morgan fingerprint density at radius 2 is 2.00 bits per heavy atom. The standard InChI is InChI=1S/C36H38FN3O3S/c1-23-10-11-27-18-30(23)33-24(2)20-40(39-33)35(26-9-5-7-25(17-26)8-6-15-41)42-21-36(3,4)22-44-16-13-29-28-12-14-38-32(28)19-31(37)34(29)43-27/h5,7,9-12,14-15,17-20,35,38H,6,8,13,16,21-22H2,1-4H3. The van der Waals surface area contributed by atoms with Crippen molar-refractivity contribution < 1.29 is 18.7 Å². The highest BCUT2D eigenvalue weighted by Crippen LogP contribution is 2.38. The Morgan fingerprint density at radius 1 is 1.14 bits per heavy atom. The number of carbonyl (C=O) groups is 1. The summed E-state index contributed by atoms with van der Waals surface area (Å²) in [4.78, 5) is 14.2. The number of rotatable bonds is 4. The zero-order valence-electron chi connectivity index (χ0n) is 25.7. The number of halogens is 1. The van der Waals surface area contributed by atoms with Crippen LogP contribution in [0.1, 0.15) is 54.3 Å². The minimum absolute atomic E-state index is 0.134. The third kappa shape index (κ3) is 6.33. The maximum atomic E-state index is 15.6. The molecule has 1 atom stereocenters. The fraction of sp³-hybridized carbons (Fsp3) is 0.333. The van der Waals surface area contributed by atoms with Crippen LogP contribution in [0.15, 0.2) is 67.0 Å². The predicted octanol–water partition coefficient (Wildman–Crippen LogP) is 8.59. The number of ether oxygens (including phenoxy) is 2. The van der Waals surface area contributed by atoms with E-state index in [2.05, 4.69) is 31.0 Å². The molecule has 6 nitrogen and oxygen atoms in total. The molecule has 0 amide bonds. The molecule has 1 N–H and O–H groups in total. The van der Waals surface area contributed by atoms with E-state index in [1.165, 1.54) is 6.07 Å². The topological polar surface area (TPSA) is 69.1 Å². The molecule has 1 unspecified atom stereocenters. The molecule has 1 aliphatic rings. The quantitative estimate of drug-likeness (QED) is 0.206. The van der Waals surface area contributed by atoms with Gasteiger partial charge < -0.3 is 19.3 Å². The molecule has 3 heterocycles. The van der Waals surface area contributed by atoms with E-state index in [4.69, 9.17) is 14.6 Å². The number of nitrogens with one attached hydrogen (secondary N) is 1. The van der Waals surface area contributed by atoms with Gasteiger partial charge in [-0.05, 0) is 72.7 Å². The van der Waals surface area contributed by atoms with Gasteiger partial charge in [-0.1, -0.05) is 44.2 Å². The smallest absolute Gasteiger partial charge is 0.175 e. The summed E-state index contributed by atoms with van der Waals surface area (Å²) in [6, 6.07) is 17.6. The molecular weight excluding hydrogens is 573 g/mol. The fourth-order valence-electron chi connectivity index (χ4n) is 5.81. The first kappa shape index (κ1) is 30.2. The van der Waals surface area contributed by atoms with E-state index < -0.39 is 6.23 Å². The van der Waals surface area contributed by atoms with Gasteiger partial charge in [-0.2, -0.15) is 16.9 Å². The average Bonchev–Trinajstić information content (AvgIpc) is 3.62. The first-order valence-electron chi connectivity index (χ1n) is 15.1. The Balaban J connectivity index is 1.45. The number of thioether (sulfide) groups is 1. The van der Waals surface area contributed by atoms with Crippen molar-refractivity contribution in [2.24, 2.45) is 5.41 Å². The minimum atomic E-state index is -0.446. The van der Waals surface area contributed by atoms with E-state index >= 15 is 4.39 Å². The zero-order valence-corrected chi connectivity index (χ0v) is 26.5. The Kier molecular flexibility index (Phi) is 8.65. The van der Waals surface area contributed by atoms with Gasteiger partial charge in [0.05, 0.1) is 12.3 Å². The van der Waals surface area contributed by atoms with E-state index in [0.717, 1.165) is 67.8 Å². The summed E-state index contributed by atoms with van der Waals surface area (Å²) in [6.45, 7) is 9.02. The van der Waals surface area contributed by atoms with Crippen molar-refractivity contribution in [3.8, 4) is 22.8 Å². The molecule has 0 saturated carbocycles. The Hall–Kier alpha value is -3.88. The lowest BCUT2D eigenvalue weighted by Gasteiger charge is -2.28. The lowest BCUT2D eigenvalue weighted by atomic mass is 9.98. The number of aromatic amines is 1. The summed E-state index contributed by atoms with van der Waals surface area (Å²) < 4.78 is 30.6. The van der Waals surface area contributed by atoms with Crippen molar-refractivity contribution in [2.75, 3.05) is 18.1 Å². The molecule has 0 spiro atoms. The zero-order chi connectivity index (χ0) is 30.8. The minimum Gasteiger partial charge on any atom is -0.454 e. The van der Waals surface area contributed by atoms with Crippen LogP contribution in [-0.2, 0) is 22.4 Å². The number of aryl methyl sites for hydroxylation is 4. The lowest BCUT2D eigenvalue weighted by molar-refractivity contribution is -0.107. The monoisotopic (exact) mass is 611 g/mol. The van der Waals surface area contributed by atoms with Crippen LogP contribution in [0.2, 0.25) is 0 Å². The number of benzene rings is 3. The van der Waals surface area contributed by atoms with Gasteiger partial charge in [-0.15, -0.1) is 0 Å². The highest BCUT2D eigenvalue weighted by atomic mass is 32.2. The maximum Gasteiger partial charge on any atom is 0.175 e. The van der Waals surface area contributed by atoms with Crippen LogP contribution in [0.25, 0.3) is 22.2 Å². The number of fused-ring (bicyclic) bond motifs is 8. The fourth-order valence-corrected chi connectivity index (χ4v) is 6.94. The van der Waals surface area contributed by atoms with Crippen LogP contribution >= 0.6 is 11.8 Å². The lowest BCUT2D eigenvalue weighted by Crippen LogP contribution is -2.26. The van der Waals surface area contributed by atoms with Crippen molar-refractivity contribution in [2.45, 2.75) is 53.2 Å². The molecule has 3 aromatic carbocycles. The van der Waals surface area contributed by atoms with Crippen LogP contribution in [-0.4, -0.2) is 39.2 Å². The second kappa shape index (κ2) is 12.6. The first-order chi connectivity index (χ1) is 21.2. The van der Waals surface area contributed by atoms with Gasteiger partial charge in [0.2, 0.25) is 0 Å². The molecule has 0 radical (unpaired) electrons. The van der Waals surface area contributed by atoms with Crippen LogP contribution in [0.5, 0.6) is 11.5 Å². The summed E-state index contributed by atoms with van der Waals surface area (Å²) in [5, 5.41) is 6.06. The van der Waals surface area contributed by atoms with E-state index in [9.17, 15) is 4.79 Å². The summed E-state index contributed by atoms with van der Waals surface area (Å²) in [7, 11) is 0. The van der Waals surface area contributed by atoms with Gasteiger partial charge in [0.15, 0.2) is 17.8 Å². The summed E-state index contributed by atoms with van der Waals surface area (Å²) in [5.74, 6) is 2.13. The second-order valence-electron chi connectivity index (χ2n) is 12.4. The molecule has 5 aromatic rings. The molecule has 0 fully saturated rings. The Morgan fingerprint density at radius 3 is 2.84 bits per heavy atom. The van der Waals surface area contributed by atoms with E-state index in [0.29, 0.717) is 31.6 Å². The number of aromatic nitrogens is 3. The number of carbonyl (C=O) groups excluding carboxylic acids is 1. The van der Waals surface area contributed by atoms with Gasteiger partial charge in [-0.3, -0.25) is 0 Å². The highest BCUT2D eigenvalue weighted by molar-refractivity contribution is 7.99. The third-order valence-corrected chi connectivity index (χ3v) is 9.59. The van der Waals surface area contributed by atoms with Crippen molar-refractivity contribution in [3.05, 3.63) is 101 Å². The summed E-state index contributed by atoms with van der Waals surface area (Å²) >= 11 is 1.83. The molecule has 0 saturated heterocycles. The number of nitrogens with zero attached hydrogens (tertiary/aromatic N) is 2. The van der Waals surface area contributed by atoms with Gasteiger partial charge in [0.25, 0.3) is 0 Å². The van der Waals surface area contributed by atoms with Gasteiger partial charge in [-0.25, -0.2) is 9.07 Å². The number of H-pyrrole nitrogens is 1. The molecular formula is C36H38FN3O3S. The Labute approximate surface area is 262 Å². The second-order valence-corrected chi connectivity index (χ2v) is 13.5. The van der Waals surface area contributed by atoms with Crippen molar-refractivity contribution in [1.82, 2.24) is 14.8 Å². The number of aldehydes is 1. The highest BCUT2D eigenvalue weighted by Gasteiger charge is 2.26. The summed E-state index contributed by atoms with van der Waals surface area (Å²) in [5.41, 5.74) is 7.34. The van der Waals surface area contributed by atoms with Crippen LogP contribution < -0.4 is 4.74 Å². The molecule has 6 rings (SSSR count). The van der Waals surface area contributed by atoms with E-state index in [-0.39, 0.29) is 17.0 Å². The van der Waals surface area contributed by atoms with Gasteiger partial charge >= 0.3 is 0 Å². The van der Waals surface area contributed by atoms with Crippen LogP contribution in [0.4, 0.5) is 4.39 Å². The first-order valence-corrected chi connectivity index (χ1v) is 16.2. The molecule has 228 valence electrons. The van der Waals surface area contributed by atoms with Gasteiger partial charge in [0.1, 0.15) is 12.0 Å². The summed E-state index contributed by atoms with van der Waals surface area (Å²) in [6.07, 6.45) is 6.20. The van der Waals surface area contributed by atoms with Crippen molar-refractivity contribution in [3.63, 3.8) is 0 Å². The molecule has 1 aliphatic heterocycles. The normalized spacial score (nSPS) is 17.1. The SMILES string of the molecule is Cc1ccc2cc1-c1nn(cc1C)C(c1cccc(CCC=O)c1)OCC(C)(C)CSCCc1c(c(F)cc3[nH]ccc13)O2. The van der Waals surface area contributed by atoms with E-state index in [1.807, 2.05) is 79.1 Å². The molecule has 0 aliphatic carbocycles. The predicted molar refractivity (Wildman–Crippen MR) is 175 cm³/mol. The molecule has 44 heavy (non-hydrogen) atoms. The largest absolute Gasteiger partial charge is 0.454 e. The van der Waals surface area contributed by atoms with Crippen molar-refractivity contribution >= 4 is 29.0 Å². The Bertz CT molecular complexity index is 1810. The third-order valence-electron chi connectivity index (χ3n) is 8.11. The van der Waals surface area contributed by atoms with Crippen LogP contribution in [0, 0.1) is 25.1 Å². The maximum absolute atomic E-state index is 15.6. The number of hydrogen-bond donors (Lipinski definition) is 1. The molecule has 4 bridgehead atoms. The molecule has 2 aromatic heterocycles. The number of hydrogen-bond acceptors (Lipinski definition) is 5. The average molecular weight is 612 g/mol.